The molecule has 0 aliphatic heterocycles. The Hall–Kier alpha value is -2.39. The van der Waals surface area contributed by atoms with E-state index in [-0.39, 0.29) is 22.0 Å². The van der Waals surface area contributed by atoms with E-state index >= 15 is 0 Å². The van der Waals surface area contributed by atoms with Gasteiger partial charge in [0.05, 0.1) is 17.8 Å². The summed E-state index contributed by atoms with van der Waals surface area (Å²) in [4.78, 5) is 22.7. The third-order valence-corrected chi connectivity index (χ3v) is 2.79. The second kappa shape index (κ2) is 8.02. The maximum absolute atomic E-state index is 11.7. The number of hydrogen-bond donors (Lipinski definition) is 3. The van der Waals surface area contributed by atoms with E-state index in [1.807, 2.05) is 0 Å². The van der Waals surface area contributed by atoms with Crippen molar-refractivity contribution in [3.8, 4) is 17.6 Å². The summed E-state index contributed by atoms with van der Waals surface area (Å²) in [5, 5.41) is 14.2. The van der Waals surface area contributed by atoms with Gasteiger partial charge in [0, 0.05) is 19.0 Å². The molecule has 0 saturated heterocycles. The van der Waals surface area contributed by atoms with Crippen LogP contribution in [-0.4, -0.2) is 30.8 Å². The molecule has 1 rings (SSSR count). The van der Waals surface area contributed by atoms with Crippen LogP contribution >= 0.6 is 11.6 Å². The SMILES string of the molecule is CC#CCCNC(=O)Nc1cc(OC)c(C(=O)O)cc1Cl. The zero-order chi connectivity index (χ0) is 15.8. The number of nitrogens with one attached hydrogen (secondary N) is 2. The number of methoxy groups -OCH3 is 1. The van der Waals surface area contributed by atoms with Crippen LogP contribution in [0, 0.1) is 11.8 Å². The average Bonchev–Trinajstić information content (AvgIpc) is 2.45. The number of carboxylic acids is 1. The first-order valence-corrected chi connectivity index (χ1v) is 6.42. The molecule has 0 atom stereocenters. The summed E-state index contributed by atoms with van der Waals surface area (Å²) in [6, 6.07) is 2.12. The fourth-order valence-electron chi connectivity index (χ4n) is 1.52. The van der Waals surface area contributed by atoms with Gasteiger partial charge in [-0.1, -0.05) is 11.6 Å². The number of hydrogen-bond acceptors (Lipinski definition) is 3. The van der Waals surface area contributed by atoms with Crippen LogP contribution in [0.2, 0.25) is 5.02 Å². The molecule has 1 aromatic carbocycles. The predicted octanol–water partition coefficient (Wildman–Crippen LogP) is 2.58. The van der Waals surface area contributed by atoms with E-state index in [0.29, 0.717) is 13.0 Å². The van der Waals surface area contributed by atoms with Gasteiger partial charge in [0.2, 0.25) is 0 Å². The second-order valence-corrected chi connectivity index (χ2v) is 4.30. The molecule has 3 N–H and O–H groups in total. The monoisotopic (exact) mass is 310 g/mol. The summed E-state index contributed by atoms with van der Waals surface area (Å²) >= 11 is 5.95. The molecule has 0 unspecified atom stereocenters. The van der Waals surface area contributed by atoms with E-state index in [9.17, 15) is 9.59 Å². The molecule has 0 radical (unpaired) electrons. The number of carbonyl (C=O) groups excluding carboxylic acids is 1. The molecule has 21 heavy (non-hydrogen) atoms. The number of aromatic carboxylic acids is 1. The van der Waals surface area contributed by atoms with E-state index in [1.165, 1.54) is 19.2 Å². The van der Waals surface area contributed by atoms with E-state index in [0.717, 1.165) is 0 Å². The second-order valence-electron chi connectivity index (χ2n) is 3.90. The Kier molecular flexibility index (Phi) is 6.37. The molecule has 2 amide bonds. The first-order valence-electron chi connectivity index (χ1n) is 6.05. The van der Waals surface area contributed by atoms with Gasteiger partial charge in [-0.05, 0) is 13.0 Å². The molecular weight excluding hydrogens is 296 g/mol. The number of rotatable bonds is 5. The highest BCUT2D eigenvalue weighted by atomic mass is 35.5. The fraction of sp³-hybridized carbons (Fsp3) is 0.286. The van der Waals surface area contributed by atoms with Crippen LogP contribution in [-0.2, 0) is 0 Å². The summed E-state index contributed by atoms with van der Waals surface area (Å²) in [5.41, 5.74) is 0.185. The lowest BCUT2D eigenvalue weighted by Gasteiger charge is -2.12. The minimum Gasteiger partial charge on any atom is -0.496 e. The summed E-state index contributed by atoms with van der Waals surface area (Å²) in [6.07, 6.45) is 0.541. The molecule has 0 heterocycles. The van der Waals surface area contributed by atoms with E-state index in [1.54, 1.807) is 6.92 Å². The first-order chi connectivity index (χ1) is 9.99. The highest BCUT2D eigenvalue weighted by Gasteiger charge is 2.16. The third-order valence-electron chi connectivity index (χ3n) is 2.48. The number of ether oxygens (including phenoxy) is 1. The lowest BCUT2D eigenvalue weighted by atomic mass is 10.2. The van der Waals surface area contributed by atoms with Crippen LogP contribution < -0.4 is 15.4 Å². The molecule has 0 bridgehead atoms. The number of halogens is 1. The van der Waals surface area contributed by atoms with Gasteiger partial charge in [0.1, 0.15) is 11.3 Å². The normalized spacial score (nSPS) is 9.29. The largest absolute Gasteiger partial charge is 0.496 e. The Morgan fingerprint density at radius 2 is 2.14 bits per heavy atom. The van der Waals surface area contributed by atoms with Gasteiger partial charge in [0.15, 0.2) is 0 Å². The molecule has 0 aliphatic carbocycles. The molecule has 0 fully saturated rings. The van der Waals surface area contributed by atoms with Crippen LogP contribution in [0.3, 0.4) is 0 Å². The predicted molar refractivity (Wildman–Crippen MR) is 80.1 cm³/mol. The Morgan fingerprint density at radius 3 is 2.71 bits per heavy atom. The van der Waals surface area contributed by atoms with Crippen molar-refractivity contribution < 1.29 is 19.4 Å². The number of urea groups is 1. The molecule has 112 valence electrons. The molecule has 1 aromatic rings. The van der Waals surface area contributed by atoms with Crippen molar-refractivity contribution in [1.29, 1.82) is 0 Å². The van der Waals surface area contributed by atoms with Crippen molar-refractivity contribution in [2.75, 3.05) is 19.0 Å². The highest BCUT2D eigenvalue weighted by molar-refractivity contribution is 6.34. The average molecular weight is 311 g/mol. The van der Waals surface area contributed by atoms with E-state index < -0.39 is 12.0 Å². The van der Waals surface area contributed by atoms with Crippen LogP contribution in [0.5, 0.6) is 5.75 Å². The number of carboxylic acid groups (broad SMARTS) is 1. The zero-order valence-corrected chi connectivity index (χ0v) is 12.4. The van der Waals surface area contributed by atoms with E-state index in [4.69, 9.17) is 21.4 Å². The minimum absolute atomic E-state index is 0.0771. The van der Waals surface area contributed by atoms with Gasteiger partial charge in [-0.15, -0.1) is 11.8 Å². The Labute approximate surface area is 127 Å². The first kappa shape index (κ1) is 16.7. The summed E-state index contributed by atoms with van der Waals surface area (Å²) in [5.74, 6) is 4.48. The van der Waals surface area contributed by atoms with Gasteiger partial charge >= 0.3 is 12.0 Å². The molecule has 0 aromatic heterocycles. The molecular formula is C14H15ClN2O4. The van der Waals surface area contributed by atoms with Gasteiger partial charge in [-0.2, -0.15) is 0 Å². The van der Waals surface area contributed by atoms with Gasteiger partial charge in [-0.3, -0.25) is 0 Å². The van der Waals surface area contributed by atoms with Crippen LogP contribution in [0.4, 0.5) is 10.5 Å². The van der Waals surface area contributed by atoms with Crippen molar-refractivity contribution >= 4 is 29.3 Å². The quantitative estimate of drug-likeness (QED) is 0.576. The smallest absolute Gasteiger partial charge is 0.339 e. The molecule has 6 nitrogen and oxygen atoms in total. The van der Waals surface area contributed by atoms with Gasteiger partial charge in [0.25, 0.3) is 0 Å². The van der Waals surface area contributed by atoms with Crippen LogP contribution in [0.25, 0.3) is 0 Å². The summed E-state index contributed by atoms with van der Waals surface area (Å²) in [7, 11) is 1.34. The molecule has 0 aliphatic rings. The van der Waals surface area contributed by atoms with Crippen molar-refractivity contribution in [3.63, 3.8) is 0 Å². The summed E-state index contributed by atoms with van der Waals surface area (Å²) < 4.78 is 4.97. The lowest BCUT2D eigenvalue weighted by Crippen LogP contribution is -2.29. The Morgan fingerprint density at radius 1 is 1.43 bits per heavy atom. The van der Waals surface area contributed by atoms with Gasteiger partial charge in [-0.25, -0.2) is 9.59 Å². The zero-order valence-electron chi connectivity index (χ0n) is 11.6. The van der Waals surface area contributed by atoms with Crippen molar-refractivity contribution in [1.82, 2.24) is 5.32 Å². The Bertz CT molecular complexity index is 605. The fourth-order valence-corrected chi connectivity index (χ4v) is 1.73. The maximum atomic E-state index is 11.7. The number of benzene rings is 1. The van der Waals surface area contributed by atoms with E-state index in [2.05, 4.69) is 22.5 Å². The third kappa shape index (κ3) is 4.89. The number of amides is 2. The standard InChI is InChI=1S/C14H15ClN2O4/c1-3-4-5-6-16-14(20)17-11-8-12(21-2)9(13(18)19)7-10(11)15/h7-8H,5-6H2,1-2H3,(H,18,19)(H2,16,17,20). The van der Waals surface area contributed by atoms with Crippen molar-refractivity contribution in [2.24, 2.45) is 0 Å². The lowest BCUT2D eigenvalue weighted by molar-refractivity contribution is 0.0693. The molecule has 0 saturated carbocycles. The number of anilines is 1. The topological polar surface area (TPSA) is 87.7 Å². The maximum Gasteiger partial charge on any atom is 0.339 e. The van der Waals surface area contributed by atoms with Crippen molar-refractivity contribution in [3.05, 3.63) is 22.7 Å². The van der Waals surface area contributed by atoms with Crippen LogP contribution in [0.15, 0.2) is 12.1 Å². The van der Waals surface area contributed by atoms with Gasteiger partial charge < -0.3 is 20.5 Å². The molecule has 0 spiro atoms. The molecule has 7 heteroatoms. The van der Waals surface area contributed by atoms with Crippen molar-refractivity contribution in [2.45, 2.75) is 13.3 Å². The Balaban J connectivity index is 2.81. The van der Waals surface area contributed by atoms with Crippen LogP contribution in [0.1, 0.15) is 23.7 Å². The highest BCUT2D eigenvalue weighted by Crippen LogP contribution is 2.30. The number of carbonyl (C=O) groups is 2. The minimum atomic E-state index is -1.16. The summed E-state index contributed by atoms with van der Waals surface area (Å²) in [6.45, 7) is 2.12.